The second-order valence-electron chi connectivity index (χ2n) is 4.50. The third-order valence-corrected chi connectivity index (χ3v) is 2.94. The van der Waals surface area contributed by atoms with Crippen molar-refractivity contribution in [3.63, 3.8) is 0 Å². The van der Waals surface area contributed by atoms with Gasteiger partial charge in [-0.15, -0.1) is 0 Å². The molecule has 1 N–H and O–H groups in total. The van der Waals surface area contributed by atoms with Crippen molar-refractivity contribution >= 4 is 11.4 Å². The van der Waals surface area contributed by atoms with Gasteiger partial charge in [0.25, 0.3) is 0 Å². The minimum Gasteiger partial charge on any atom is -0.379 e. The molecule has 1 aliphatic carbocycles. The lowest BCUT2D eigenvalue weighted by Gasteiger charge is -2.10. The van der Waals surface area contributed by atoms with E-state index in [9.17, 15) is 23.3 Å². The maximum atomic E-state index is 12.5. The van der Waals surface area contributed by atoms with Crippen molar-refractivity contribution in [1.29, 1.82) is 0 Å². The minimum atomic E-state index is -4.61. The first-order valence-electron chi connectivity index (χ1n) is 5.83. The fraction of sp³-hybridized carbons (Fsp3) is 0.545. The highest BCUT2D eigenvalue weighted by atomic mass is 19.4. The molecule has 1 aromatic rings. The Hall–Kier alpha value is -1.86. The zero-order valence-corrected chi connectivity index (χ0v) is 9.91. The predicted molar refractivity (Wildman–Crippen MR) is 61.7 cm³/mol. The summed E-state index contributed by atoms with van der Waals surface area (Å²) in [6.45, 7) is 0.423. The van der Waals surface area contributed by atoms with Crippen LogP contribution in [0.15, 0.2) is 12.3 Å². The summed E-state index contributed by atoms with van der Waals surface area (Å²) in [7, 11) is 0. The zero-order chi connectivity index (χ0) is 14.0. The number of anilines is 1. The lowest BCUT2D eigenvalue weighted by Crippen LogP contribution is -2.11. The molecule has 2 rings (SSSR count). The van der Waals surface area contributed by atoms with E-state index < -0.39 is 22.5 Å². The number of halogens is 3. The number of pyridine rings is 1. The van der Waals surface area contributed by atoms with Gasteiger partial charge in [0.05, 0.1) is 4.92 Å². The maximum absolute atomic E-state index is 12.5. The number of hydrogen-bond donors (Lipinski definition) is 1. The third kappa shape index (κ3) is 3.55. The van der Waals surface area contributed by atoms with Gasteiger partial charge in [-0.25, -0.2) is 4.98 Å². The van der Waals surface area contributed by atoms with E-state index in [-0.39, 0.29) is 5.69 Å². The summed E-state index contributed by atoms with van der Waals surface area (Å²) in [6.07, 6.45) is -0.924. The van der Waals surface area contributed by atoms with Crippen LogP contribution in [0.2, 0.25) is 0 Å². The Kier molecular flexibility index (Phi) is 3.59. The van der Waals surface area contributed by atoms with E-state index >= 15 is 0 Å². The smallest absolute Gasteiger partial charge is 0.379 e. The van der Waals surface area contributed by atoms with Crippen molar-refractivity contribution < 1.29 is 18.1 Å². The molecule has 0 atom stereocenters. The van der Waals surface area contributed by atoms with E-state index in [1.54, 1.807) is 0 Å². The van der Waals surface area contributed by atoms with E-state index in [1.165, 1.54) is 0 Å². The largest absolute Gasteiger partial charge is 0.433 e. The molecule has 5 nitrogen and oxygen atoms in total. The molecule has 0 saturated heterocycles. The summed E-state index contributed by atoms with van der Waals surface area (Å²) in [6, 6.07) is 0.686. The lowest BCUT2D eigenvalue weighted by atomic mass is 10.2. The van der Waals surface area contributed by atoms with Crippen LogP contribution in [-0.2, 0) is 6.18 Å². The molecule has 1 aromatic heterocycles. The zero-order valence-electron chi connectivity index (χ0n) is 9.91. The Morgan fingerprint density at radius 1 is 1.47 bits per heavy atom. The van der Waals surface area contributed by atoms with Gasteiger partial charge in [0, 0.05) is 6.54 Å². The Bertz CT molecular complexity index is 487. The van der Waals surface area contributed by atoms with E-state index in [0.717, 1.165) is 19.3 Å². The van der Waals surface area contributed by atoms with Crippen LogP contribution >= 0.6 is 0 Å². The molecule has 1 fully saturated rings. The molecule has 0 spiro atoms. The fourth-order valence-electron chi connectivity index (χ4n) is 1.71. The van der Waals surface area contributed by atoms with Gasteiger partial charge in [0.15, 0.2) is 0 Å². The lowest BCUT2D eigenvalue weighted by molar-refractivity contribution is -0.384. The number of aromatic nitrogens is 1. The highest BCUT2D eigenvalue weighted by molar-refractivity contribution is 5.61. The Balaban J connectivity index is 2.16. The van der Waals surface area contributed by atoms with Gasteiger partial charge >= 0.3 is 11.9 Å². The summed E-state index contributed by atoms with van der Waals surface area (Å²) in [5.41, 5.74) is -1.70. The molecular formula is C11H12F3N3O2. The van der Waals surface area contributed by atoms with Crippen molar-refractivity contribution in [2.75, 3.05) is 11.9 Å². The molecule has 19 heavy (non-hydrogen) atoms. The second-order valence-corrected chi connectivity index (χ2v) is 4.50. The van der Waals surface area contributed by atoms with Gasteiger partial charge < -0.3 is 5.32 Å². The topological polar surface area (TPSA) is 68.1 Å². The first-order valence-corrected chi connectivity index (χ1v) is 5.83. The molecule has 1 heterocycles. The maximum Gasteiger partial charge on any atom is 0.433 e. The standard InChI is InChI=1S/C11H12F3N3O2/c12-11(13,14)10-5-8(9(6-16-10)17(18)19)15-4-3-7-1-2-7/h5-7H,1-4H2,(H,15,16). The highest BCUT2D eigenvalue weighted by Crippen LogP contribution is 2.34. The molecule has 8 heteroatoms. The van der Waals surface area contributed by atoms with Crippen LogP contribution in [0.4, 0.5) is 24.5 Å². The monoisotopic (exact) mass is 275 g/mol. The summed E-state index contributed by atoms with van der Waals surface area (Å²) >= 11 is 0. The number of rotatable bonds is 5. The van der Waals surface area contributed by atoms with Gasteiger partial charge in [0.1, 0.15) is 17.6 Å². The van der Waals surface area contributed by atoms with Crippen LogP contribution in [-0.4, -0.2) is 16.5 Å². The average Bonchev–Trinajstić information content (AvgIpc) is 3.11. The van der Waals surface area contributed by atoms with Crippen LogP contribution in [0.3, 0.4) is 0 Å². The van der Waals surface area contributed by atoms with Crippen molar-refractivity contribution in [3.8, 4) is 0 Å². The summed E-state index contributed by atoms with van der Waals surface area (Å²) in [4.78, 5) is 13.1. The van der Waals surface area contributed by atoms with E-state index in [4.69, 9.17) is 0 Å². The molecule has 0 unspecified atom stereocenters. The summed E-state index contributed by atoms with van der Waals surface area (Å²) in [5.74, 6) is 0.593. The third-order valence-electron chi connectivity index (χ3n) is 2.94. The van der Waals surface area contributed by atoms with E-state index in [0.29, 0.717) is 24.7 Å². The summed E-state index contributed by atoms with van der Waals surface area (Å²) < 4.78 is 37.5. The Labute approximate surface area is 107 Å². The second kappa shape index (κ2) is 5.02. The van der Waals surface area contributed by atoms with Crippen molar-refractivity contribution in [2.45, 2.75) is 25.4 Å². The molecule has 0 amide bonds. The molecule has 0 bridgehead atoms. The van der Waals surface area contributed by atoms with E-state index in [2.05, 4.69) is 10.3 Å². The SMILES string of the molecule is O=[N+]([O-])c1cnc(C(F)(F)F)cc1NCCC1CC1. The van der Waals surface area contributed by atoms with Gasteiger partial charge in [-0.3, -0.25) is 10.1 Å². The fourth-order valence-corrected chi connectivity index (χ4v) is 1.71. The number of nitrogens with zero attached hydrogens (tertiary/aromatic N) is 2. The average molecular weight is 275 g/mol. The quantitative estimate of drug-likeness (QED) is 0.661. The molecular weight excluding hydrogens is 263 g/mol. The first-order chi connectivity index (χ1) is 8.88. The summed E-state index contributed by atoms with van der Waals surface area (Å²) in [5, 5.41) is 13.4. The van der Waals surface area contributed by atoms with Crippen molar-refractivity contribution in [1.82, 2.24) is 4.98 Å². The van der Waals surface area contributed by atoms with Crippen LogP contribution in [0.5, 0.6) is 0 Å². The Morgan fingerprint density at radius 3 is 2.68 bits per heavy atom. The van der Waals surface area contributed by atoms with Gasteiger partial charge in [-0.1, -0.05) is 12.8 Å². The van der Waals surface area contributed by atoms with Crippen LogP contribution in [0.1, 0.15) is 25.0 Å². The molecule has 1 saturated carbocycles. The molecule has 1 aliphatic rings. The van der Waals surface area contributed by atoms with Crippen molar-refractivity contribution in [3.05, 3.63) is 28.1 Å². The molecule has 0 radical (unpaired) electrons. The number of hydrogen-bond acceptors (Lipinski definition) is 4. The first kappa shape index (κ1) is 13.6. The Morgan fingerprint density at radius 2 is 2.16 bits per heavy atom. The minimum absolute atomic E-state index is 0.132. The number of nitrogens with one attached hydrogen (secondary N) is 1. The highest BCUT2D eigenvalue weighted by Gasteiger charge is 2.34. The number of nitro groups is 1. The van der Waals surface area contributed by atoms with Gasteiger partial charge in [0.2, 0.25) is 0 Å². The molecule has 0 aliphatic heterocycles. The van der Waals surface area contributed by atoms with E-state index in [1.807, 2.05) is 0 Å². The molecule has 104 valence electrons. The van der Waals surface area contributed by atoms with Crippen LogP contribution in [0.25, 0.3) is 0 Å². The van der Waals surface area contributed by atoms with Crippen molar-refractivity contribution in [2.24, 2.45) is 5.92 Å². The predicted octanol–water partition coefficient (Wildman–Crippen LogP) is 3.22. The molecule has 0 aromatic carbocycles. The number of alkyl halides is 3. The van der Waals surface area contributed by atoms with Gasteiger partial charge in [-0.2, -0.15) is 13.2 Å². The normalized spacial score (nSPS) is 15.3. The van der Waals surface area contributed by atoms with Gasteiger partial charge in [-0.05, 0) is 18.4 Å². The van der Waals surface area contributed by atoms with Crippen LogP contribution < -0.4 is 5.32 Å². The van der Waals surface area contributed by atoms with Crippen LogP contribution in [0, 0.1) is 16.0 Å².